The van der Waals surface area contributed by atoms with Crippen LogP contribution in [0.3, 0.4) is 0 Å². The zero-order valence-corrected chi connectivity index (χ0v) is 18.3. The highest BCUT2D eigenvalue weighted by atomic mass is 19.1. The first-order valence-corrected chi connectivity index (χ1v) is 10.8. The molecule has 2 aromatic heterocycles. The van der Waals surface area contributed by atoms with E-state index in [1.807, 2.05) is 0 Å². The maximum absolute atomic E-state index is 14.4. The summed E-state index contributed by atoms with van der Waals surface area (Å²) in [6.45, 7) is 3.85. The van der Waals surface area contributed by atoms with E-state index in [-0.39, 0.29) is 29.1 Å². The van der Waals surface area contributed by atoms with Crippen LogP contribution in [-0.4, -0.2) is 37.8 Å². The highest BCUT2D eigenvalue weighted by Crippen LogP contribution is 2.69. The van der Waals surface area contributed by atoms with Crippen molar-refractivity contribution in [3.8, 4) is 11.3 Å². The van der Waals surface area contributed by atoms with Gasteiger partial charge < -0.3 is 10.4 Å². The van der Waals surface area contributed by atoms with Gasteiger partial charge in [0.05, 0.1) is 46.5 Å². The van der Waals surface area contributed by atoms with E-state index >= 15 is 0 Å². The second-order valence-corrected chi connectivity index (χ2v) is 9.18. The number of hydrogen-bond donors (Lipinski definition) is 2. The van der Waals surface area contributed by atoms with E-state index < -0.39 is 29.6 Å². The third kappa shape index (κ3) is 3.06. The number of carbonyl (C=O) groups is 1. The minimum Gasteiger partial charge on any atom is -0.387 e. The SMILES string of the molecule is CC1(C)[C@H]2CC[C@]1(c1cncc(CNC(=O)CO)n1)c1nnc(-c3c(F)cccc3F)cc12. The van der Waals surface area contributed by atoms with Crippen molar-refractivity contribution in [1.29, 1.82) is 0 Å². The number of aromatic nitrogens is 4. The smallest absolute Gasteiger partial charge is 0.246 e. The summed E-state index contributed by atoms with van der Waals surface area (Å²) >= 11 is 0. The van der Waals surface area contributed by atoms with Crippen LogP contribution in [0.15, 0.2) is 36.7 Å². The standard InChI is InChI=1S/C24H23F2N5O2/c1-23(2)15-6-7-24(23,19-11-27-9-13(29-19)10-28-20(33)12-32)22-14(15)8-18(30-31-22)21-16(25)4-3-5-17(21)26/h3-5,8-9,11,15,32H,6-7,10,12H2,1-2H3,(H,28,33)/t15-,24-/m0/s1. The van der Waals surface area contributed by atoms with Crippen molar-refractivity contribution >= 4 is 5.91 Å². The van der Waals surface area contributed by atoms with Crippen LogP contribution < -0.4 is 5.32 Å². The molecule has 0 unspecified atom stereocenters. The molecule has 2 aliphatic rings. The van der Waals surface area contributed by atoms with E-state index in [1.165, 1.54) is 18.2 Å². The molecule has 0 aliphatic heterocycles. The Hall–Kier alpha value is -3.33. The molecule has 3 aromatic rings. The van der Waals surface area contributed by atoms with Crippen molar-refractivity contribution in [2.24, 2.45) is 5.41 Å². The molecular formula is C24H23F2N5O2. The van der Waals surface area contributed by atoms with E-state index in [0.717, 1.165) is 29.8 Å². The highest BCUT2D eigenvalue weighted by Gasteiger charge is 2.65. The van der Waals surface area contributed by atoms with E-state index in [0.29, 0.717) is 5.69 Å². The Balaban J connectivity index is 1.60. The lowest BCUT2D eigenvalue weighted by molar-refractivity contribution is -0.124. The third-order valence-corrected chi connectivity index (χ3v) is 7.33. The maximum atomic E-state index is 14.4. The van der Waals surface area contributed by atoms with E-state index in [1.54, 1.807) is 18.5 Å². The molecule has 7 nitrogen and oxygen atoms in total. The number of carbonyl (C=O) groups excluding carboxylic acids is 1. The number of fused-ring (bicyclic) bond motifs is 5. The number of benzene rings is 1. The molecule has 9 heteroatoms. The first-order valence-electron chi connectivity index (χ1n) is 10.8. The molecule has 1 amide bonds. The second kappa shape index (κ2) is 7.62. The Bertz CT molecular complexity index is 1250. The van der Waals surface area contributed by atoms with Gasteiger partial charge in [0, 0.05) is 6.20 Å². The summed E-state index contributed by atoms with van der Waals surface area (Å²) in [5.41, 5.74) is 2.14. The Labute approximate surface area is 189 Å². The Morgan fingerprint density at radius 3 is 2.70 bits per heavy atom. The molecule has 2 aliphatic carbocycles. The number of rotatable bonds is 5. The second-order valence-electron chi connectivity index (χ2n) is 9.18. The normalized spacial score (nSPS) is 22.3. The van der Waals surface area contributed by atoms with Crippen LogP contribution in [0.25, 0.3) is 11.3 Å². The molecule has 2 atom stereocenters. The van der Waals surface area contributed by atoms with Gasteiger partial charge >= 0.3 is 0 Å². The van der Waals surface area contributed by atoms with Crippen LogP contribution >= 0.6 is 0 Å². The van der Waals surface area contributed by atoms with Gasteiger partial charge in [-0.2, -0.15) is 5.10 Å². The topological polar surface area (TPSA) is 101 Å². The predicted molar refractivity (Wildman–Crippen MR) is 115 cm³/mol. The van der Waals surface area contributed by atoms with Crippen molar-refractivity contribution in [3.63, 3.8) is 0 Å². The summed E-state index contributed by atoms with van der Waals surface area (Å²) in [5.74, 6) is -1.72. The lowest BCUT2D eigenvalue weighted by Gasteiger charge is -2.37. The molecule has 0 radical (unpaired) electrons. The van der Waals surface area contributed by atoms with Crippen LogP contribution in [0.2, 0.25) is 0 Å². The minimum absolute atomic E-state index is 0.121. The van der Waals surface area contributed by atoms with Crippen molar-refractivity contribution in [2.75, 3.05) is 6.61 Å². The van der Waals surface area contributed by atoms with E-state index in [4.69, 9.17) is 10.1 Å². The molecular weight excluding hydrogens is 428 g/mol. The number of hydrogen-bond acceptors (Lipinski definition) is 6. The largest absolute Gasteiger partial charge is 0.387 e. The third-order valence-electron chi connectivity index (χ3n) is 7.33. The van der Waals surface area contributed by atoms with Gasteiger partial charge in [-0.05, 0) is 47.9 Å². The van der Waals surface area contributed by atoms with Crippen LogP contribution in [0, 0.1) is 17.0 Å². The molecule has 170 valence electrons. The van der Waals surface area contributed by atoms with Gasteiger partial charge in [0.25, 0.3) is 0 Å². The summed E-state index contributed by atoms with van der Waals surface area (Å²) in [7, 11) is 0. The van der Waals surface area contributed by atoms with Crippen molar-refractivity contribution in [2.45, 2.75) is 44.6 Å². The fourth-order valence-electron chi connectivity index (χ4n) is 5.70. The van der Waals surface area contributed by atoms with Gasteiger partial charge in [0.1, 0.15) is 18.2 Å². The molecule has 5 rings (SSSR count). The van der Waals surface area contributed by atoms with Gasteiger partial charge in [0.15, 0.2) is 0 Å². The van der Waals surface area contributed by atoms with Crippen molar-refractivity contribution in [1.82, 2.24) is 25.5 Å². The quantitative estimate of drug-likeness (QED) is 0.619. The number of nitrogens with one attached hydrogen (secondary N) is 1. The fraction of sp³-hybridized carbons (Fsp3) is 0.375. The van der Waals surface area contributed by atoms with Crippen molar-refractivity contribution in [3.05, 3.63) is 70.9 Å². The predicted octanol–water partition coefficient (Wildman–Crippen LogP) is 3.02. The highest BCUT2D eigenvalue weighted by molar-refractivity contribution is 5.76. The number of aliphatic hydroxyl groups is 1. The summed E-state index contributed by atoms with van der Waals surface area (Å²) in [6, 6.07) is 5.50. The Morgan fingerprint density at radius 1 is 1.21 bits per heavy atom. The molecule has 2 bridgehead atoms. The number of amides is 1. The zero-order valence-electron chi connectivity index (χ0n) is 18.3. The summed E-state index contributed by atoms with van der Waals surface area (Å²) < 4.78 is 28.8. The number of nitrogens with zero attached hydrogens (tertiary/aromatic N) is 4. The Kier molecular flexibility index (Phi) is 4.97. The zero-order chi connectivity index (χ0) is 23.4. The van der Waals surface area contributed by atoms with Gasteiger partial charge in [-0.15, -0.1) is 5.10 Å². The van der Waals surface area contributed by atoms with Gasteiger partial charge in [-0.25, -0.2) is 8.78 Å². The monoisotopic (exact) mass is 451 g/mol. The van der Waals surface area contributed by atoms with Crippen LogP contribution in [-0.2, 0) is 16.8 Å². The lowest BCUT2D eigenvalue weighted by Crippen LogP contribution is -2.38. The molecule has 1 aromatic carbocycles. The van der Waals surface area contributed by atoms with Crippen LogP contribution in [0.4, 0.5) is 8.78 Å². The summed E-state index contributed by atoms with van der Waals surface area (Å²) in [6.07, 6.45) is 4.95. The molecule has 0 saturated heterocycles. The summed E-state index contributed by atoms with van der Waals surface area (Å²) in [4.78, 5) is 20.6. The Morgan fingerprint density at radius 2 is 1.97 bits per heavy atom. The molecule has 2 heterocycles. The molecule has 1 fully saturated rings. The number of halogens is 2. The van der Waals surface area contributed by atoms with E-state index in [9.17, 15) is 13.6 Å². The van der Waals surface area contributed by atoms with Crippen molar-refractivity contribution < 1.29 is 18.7 Å². The van der Waals surface area contributed by atoms with Gasteiger partial charge in [0.2, 0.25) is 5.91 Å². The van der Waals surface area contributed by atoms with Crippen LogP contribution in [0.1, 0.15) is 55.3 Å². The van der Waals surface area contributed by atoms with Gasteiger partial charge in [-0.1, -0.05) is 19.9 Å². The van der Waals surface area contributed by atoms with E-state index in [2.05, 4.69) is 34.3 Å². The molecule has 1 saturated carbocycles. The molecule has 33 heavy (non-hydrogen) atoms. The fourth-order valence-corrected chi connectivity index (χ4v) is 5.70. The summed E-state index contributed by atoms with van der Waals surface area (Å²) in [5, 5.41) is 20.3. The lowest BCUT2D eigenvalue weighted by atomic mass is 9.66. The first-order chi connectivity index (χ1) is 15.8. The first kappa shape index (κ1) is 21.5. The maximum Gasteiger partial charge on any atom is 0.246 e. The van der Waals surface area contributed by atoms with Gasteiger partial charge in [-0.3, -0.25) is 14.8 Å². The minimum atomic E-state index is -0.676. The number of aliphatic hydroxyl groups excluding tert-OH is 1. The molecule has 2 N–H and O–H groups in total. The average Bonchev–Trinajstić information content (AvgIpc) is 3.18. The molecule has 0 spiro atoms. The average molecular weight is 451 g/mol. The van der Waals surface area contributed by atoms with Crippen LogP contribution in [0.5, 0.6) is 0 Å².